The molecule has 1 aliphatic carbocycles. The van der Waals surface area contributed by atoms with Crippen molar-refractivity contribution in [3.05, 3.63) is 29.8 Å². The van der Waals surface area contributed by atoms with E-state index in [1.54, 1.807) is 0 Å². The lowest BCUT2D eigenvalue weighted by molar-refractivity contribution is -0.137. The fourth-order valence-corrected chi connectivity index (χ4v) is 4.92. The Morgan fingerprint density at radius 1 is 1.16 bits per heavy atom. The molecule has 1 aromatic rings. The molecule has 3 rings (SSSR count). The number of hydrogen-bond donors (Lipinski definition) is 0. The van der Waals surface area contributed by atoms with E-state index in [1.165, 1.54) is 12.1 Å². The Labute approximate surface area is 145 Å². The Hall–Kier alpha value is -1.85. The van der Waals surface area contributed by atoms with Gasteiger partial charge in [0.15, 0.2) is 0 Å². The van der Waals surface area contributed by atoms with Crippen molar-refractivity contribution < 1.29 is 22.8 Å². The molecule has 1 saturated carbocycles. The summed E-state index contributed by atoms with van der Waals surface area (Å²) in [5.74, 6) is -0.465. The third-order valence-corrected chi connectivity index (χ3v) is 5.28. The van der Waals surface area contributed by atoms with Gasteiger partial charge in [-0.15, -0.1) is 0 Å². The van der Waals surface area contributed by atoms with E-state index in [0.717, 1.165) is 23.5 Å². The van der Waals surface area contributed by atoms with Gasteiger partial charge in [-0.25, -0.2) is 0 Å². The molecule has 2 amide bonds. The fourth-order valence-electron chi connectivity index (χ4n) is 4.92. The van der Waals surface area contributed by atoms with Gasteiger partial charge in [-0.05, 0) is 48.8 Å². The normalized spacial score (nSPS) is 29.5. The van der Waals surface area contributed by atoms with Crippen LogP contribution < -0.4 is 4.90 Å². The predicted molar refractivity (Wildman–Crippen MR) is 87.8 cm³/mol. The summed E-state index contributed by atoms with van der Waals surface area (Å²) in [4.78, 5) is 26.6. The van der Waals surface area contributed by atoms with E-state index in [0.29, 0.717) is 18.8 Å². The van der Waals surface area contributed by atoms with Crippen molar-refractivity contribution in [2.24, 2.45) is 16.7 Å². The smallest absolute Gasteiger partial charge is 0.274 e. The van der Waals surface area contributed by atoms with Gasteiger partial charge < -0.3 is 0 Å². The topological polar surface area (TPSA) is 37.4 Å². The summed E-state index contributed by atoms with van der Waals surface area (Å²) < 4.78 is 38.9. The zero-order valence-electron chi connectivity index (χ0n) is 14.6. The van der Waals surface area contributed by atoms with Crippen molar-refractivity contribution >= 4 is 17.5 Å². The quantitative estimate of drug-likeness (QED) is 0.680. The summed E-state index contributed by atoms with van der Waals surface area (Å²) in [6.45, 7) is 6.22. The molecule has 2 fully saturated rings. The Morgan fingerprint density at radius 3 is 2.44 bits per heavy atom. The van der Waals surface area contributed by atoms with Gasteiger partial charge in [0.05, 0.1) is 16.7 Å². The van der Waals surface area contributed by atoms with Gasteiger partial charge in [-0.2, -0.15) is 13.2 Å². The summed E-state index contributed by atoms with van der Waals surface area (Å²) in [7, 11) is 0. The van der Waals surface area contributed by atoms with Crippen molar-refractivity contribution in [1.82, 2.24) is 0 Å². The highest BCUT2D eigenvalue weighted by Crippen LogP contribution is 2.54. The van der Waals surface area contributed by atoms with E-state index in [-0.39, 0.29) is 23.4 Å². The largest absolute Gasteiger partial charge is 0.416 e. The first kappa shape index (κ1) is 18.0. The molecule has 0 aromatic heterocycles. The molecule has 0 unspecified atom stereocenters. The Morgan fingerprint density at radius 2 is 1.84 bits per heavy atom. The van der Waals surface area contributed by atoms with Crippen LogP contribution in [0.4, 0.5) is 18.9 Å². The van der Waals surface area contributed by atoms with Crippen LogP contribution >= 0.6 is 0 Å². The molecule has 2 aliphatic rings. The van der Waals surface area contributed by atoms with E-state index >= 15 is 0 Å². The third kappa shape index (κ3) is 3.18. The number of carbonyl (C=O) groups is 2. The van der Waals surface area contributed by atoms with Crippen molar-refractivity contribution in [3.63, 3.8) is 0 Å². The lowest BCUT2D eigenvalue weighted by Crippen LogP contribution is -2.43. The molecule has 0 bridgehead atoms. The van der Waals surface area contributed by atoms with Gasteiger partial charge in [-0.3, -0.25) is 14.5 Å². The molecule has 1 saturated heterocycles. The fraction of sp³-hybridized carbons (Fsp3) is 0.579. The zero-order valence-corrected chi connectivity index (χ0v) is 14.6. The number of carbonyl (C=O) groups excluding carboxylic acids is 2. The maximum absolute atomic E-state index is 13.1. The first-order chi connectivity index (χ1) is 11.4. The first-order valence-electron chi connectivity index (χ1n) is 8.48. The number of nitrogens with zero attached hydrogens (tertiary/aromatic N) is 1. The van der Waals surface area contributed by atoms with Gasteiger partial charge in [0.2, 0.25) is 11.8 Å². The number of amides is 2. The van der Waals surface area contributed by atoms with Crippen LogP contribution in [-0.2, 0) is 15.8 Å². The van der Waals surface area contributed by atoms with Crippen molar-refractivity contribution in [2.75, 3.05) is 4.90 Å². The maximum Gasteiger partial charge on any atom is 0.416 e. The van der Waals surface area contributed by atoms with Gasteiger partial charge in [-0.1, -0.05) is 26.8 Å². The first-order valence-corrected chi connectivity index (χ1v) is 8.48. The number of imide groups is 1. The second-order valence-corrected chi connectivity index (χ2v) is 8.39. The number of anilines is 1. The van der Waals surface area contributed by atoms with Crippen LogP contribution in [0.1, 0.15) is 52.0 Å². The molecule has 2 atom stereocenters. The highest BCUT2D eigenvalue weighted by Gasteiger charge is 2.56. The van der Waals surface area contributed by atoms with Crippen LogP contribution in [-0.4, -0.2) is 11.8 Å². The Bertz CT molecular complexity index is 726. The molecule has 1 aromatic carbocycles. The van der Waals surface area contributed by atoms with Gasteiger partial charge in [0.1, 0.15) is 0 Å². The number of rotatable bonds is 1. The van der Waals surface area contributed by atoms with Crippen molar-refractivity contribution in [3.8, 4) is 0 Å². The highest BCUT2D eigenvalue weighted by atomic mass is 19.4. The molecule has 25 heavy (non-hydrogen) atoms. The summed E-state index contributed by atoms with van der Waals surface area (Å²) in [5.41, 5.74) is -1.70. The summed E-state index contributed by atoms with van der Waals surface area (Å²) in [6.07, 6.45) is -2.27. The minimum Gasteiger partial charge on any atom is -0.274 e. The van der Waals surface area contributed by atoms with Crippen LogP contribution in [0.15, 0.2) is 24.3 Å². The van der Waals surface area contributed by atoms with Gasteiger partial charge in [0, 0.05) is 6.42 Å². The van der Waals surface area contributed by atoms with Crippen LogP contribution in [0, 0.1) is 16.7 Å². The molecular formula is C19H22F3NO2. The lowest BCUT2D eigenvalue weighted by atomic mass is 9.59. The molecule has 0 radical (unpaired) electrons. The Kier molecular flexibility index (Phi) is 4.01. The van der Waals surface area contributed by atoms with Crippen molar-refractivity contribution in [2.45, 2.75) is 52.6 Å². The monoisotopic (exact) mass is 353 g/mol. The molecule has 1 spiro atoms. The molecule has 6 heteroatoms. The van der Waals surface area contributed by atoms with E-state index in [4.69, 9.17) is 0 Å². The van der Waals surface area contributed by atoms with Crippen LogP contribution in [0.25, 0.3) is 0 Å². The second kappa shape index (κ2) is 5.58. The van der Waals surface area contributed by atoms with E-state index in [1.807, 2.05) is 0 Å². The van der Waals surface area contributed by atoms with E-state index in [2.05, 4.69) is 20.8 Å². The maximum atomic E-state index is 13.1. The third-order valence-electron chi connectivity index (χ3n) is 5.28. The van der Waals surface area contributed by atoms with E-state index in [9.17, 15) is 22.8 Å². The molecule has 0 N–H and O–H groups in total. The summed E-state index contributed by atoms with van der Waals surface area (Å²) in [6, 6.07) is 4.45. The standard InChI is InChI=1S/C19H22F3NO2/c1-12-8-17(2,3)11-18(9-12)10-15(24)23(16(18)25)14-6-4-5-13(7-14)19(20,21)22/h4-7,12H,8-11H2,1-3H3/t12-,18+/m0/s1. The average Bonchev–Trinajstić information content (AvgIpc) is 2.66. The lowest BCUT2D eigenvalue weighted by Gasteiger charge is -2.44. The molecule has 136 valence electrons. The number of alkyl halides is 3. The van der Waals surface area contributed by atoms with Crippen molar-refractivity contribution in [1.29, 1.82) is 0 Å². The minimum absolute atomic E-state index is 0.0118. The average molecular weight is 353 g/mol. The van der Waals surface area contributed by atoms with Crippen LogP contribution in [0.2, 0.25) is 0 Å². The number of hydrogen-bond acceptors (Lipinski definition) is 2. The minimum atomic E-state index is -4.51. The van der Waals surface area contributed by atoms with Crippen LogP contribution in [0.5, 0.6) is 0 Å². The zero-order chi connectivity index (χ0) is 18.6. The predicted octanol–water partition coefficient (Wildman–Crippen LogP) is 4.80. The highest BCUT2D eigenvalue weighted by molar-refractivity contribution is 6.22. The van der Waals surface area contributed by atoms with Gasteiger partial charge in [0.25, 0.3) is 0 Å². The molecule has 1 aliphatic heterocycles. The molecule has 1 heterocycles. The van der Waals surface area contributed by atoms with E-state index < -0.39 is 23.1 Å². The summed E-state index contributed by atoms with van der Waals surface area (Å²) >= 11 is 0. The number of halogens is 3. The van der Waals surface area contributed by atoms with Gasteiger partial charge >= 0.3 is 6.18 Å². The second-order valence-electron chi connectivity index (χ2n) is 8.39. The SMILES string of the molecule is C[C@H]1CC(C)(C)C[C@]2(CC(=O)N(c3cccc(C(F)(F)F)c3)C2=O)C1. The Balaban J connectivity index is 1.98. The van der Waals surface area contributed by atoms with Crippen LogP contribution in [0.3, 0.4) is 0 Å². The summed E-state index contributed by atoms with van der Waals surface area (Å²) in [5, 5.41) is 0. The number of benzene rings is 1. The molecule has 3 nitrogen and oxygen atoms in total. The molecular weight excluding hydrogens is 331 g/mol.